The van der Waals surface area contributed by atoms with Crippen LogP contribution in [0.15, 0.2) is 24.3 Å². The van der Waals surface area contributed by atoms with E-state index >= 15 is 0 Å². The lowest BCUT2D eigenvalue weighted by Gasteiger charge is -2.32. The average molecular weight is 233 g/mol. The van der Waals surface area contributed by atoms with E-state index in [4.69, 9.17) is 5.11 Å². The summed E-state index contributed by atoms with van der Waals surface area (Å²) >= 11 is 0. The van der Waals surface area contributed by atoms with Crippen molar-refractivity contribution in [2.45, 2.75) is 32.2 Å². The van der Waals surface area contributed by atoms with Gasteiger partial charge in [0.2, 0.25) is 0 Å². The molecule has 3 heteroatoms. The van der Waals surface area contributed by atoms with Crippen LogP contribution in [0.25, 0.3) is 0 Å². The quantitative estimate of drug-likeness (QED) is 0.843. The van der Waals surface area contributed by atoms with E-state index in [0.717, 1.165) is 19.4 Å². The third-order valence-electron chi connectivity index (χ3n) is 3.43. The zero-order chi connectivity index (χ0) is 12.3. The van der Waals surface area contributed by atoms with Crippen LogP contribution >= 0.6 is 0 Å². The summed E-state index contributed by atoms with van der Waals surface area (Å²) in [5.74, 6) is -0.487. The van der Waals surface area contributed by atoms with Crippen LogP contribution in [0.4, 0.5) is 0 Å². The molecule has 0 saturated carbocycles. The number of rotatable bonds is 3. The van der Waals surface area contributed by atoms with Gasteiger partial charge < -0.3 is 10.4 Å². The van der Waals surface area contributed by atoms with E-state index < -0.39 is 5.97 Å². The van der Waals surface area contributed by atoms with Crippen molar-refractivity contribution in [1.29, 1.82) is 0 Å². The molecule has 0 aliphatic carbocycles. The summed E-state index contributed by atoms with van der Waals surface area (Å²) in [6, 6.07) is 8.54. The Balaban J connectivity index is 2.18. The number of carboxylic acids is 1. The second kappa shape index (κ2) is 5.32. The summed E-state index contributed by atoms with van der Waals surface area (Å²) < 4.78 is 0. The lowest BCUT2D eigenvalue weighted by molar-refractivity contribution is -0.138. The summed E-state index contributed by atoms with van der Waals surface area (Å²) in [5, 5.41) is 12.4. The molecule has 0 spiro atoms. The molecule has 1 heterocycles. The lowest BCUT2D eigenvalue weighted by atomic mass is 9.84. The van der Waals surface area contributed by atoms with Crippen LogP contribution in [0.5, 0.6) is 0 Å². The van der Waals surface area contributed by atoms with E-state index in [0.29, 0.717) is 0 Å². The number of carboxylic acid groups (broad SMARTS) is 1. The molecule has 1 aromatic rings. The minimum absolute atomic E-state index is 0.194. The fourth-order valence-corrected chi connectivity index (χ4v) is 2.65. The number of hydrogen-bond donors (Lipinski definition) is 2. The SMILES string of the molecule is Cc1cccc([C@H]2NCCC[C@@H]2CC(=O)O)c1. The standard InChI is InChI=1S/C14H19NO2/c1-10-4-2-5-11(8-10)14-12(9-13(16)17)6-3-7-15-14/h2,4-5,8,12,14-15H,3,6-7,9H2,1H3,(H,16,17)/t12-,14-/m1/s1. The first kappa shape index (κ1) is 12.1. The Hall–Kier alpha value is -1.35. The largest absolute Gasteiger partial charge is 0.481 e. The monoisotopic (exact) mass is 233 g/mol. The molecule has 1 aliphatic heterocycles. The molecule has 1 aliphatic rings. The van der Waals surface area contributed by atoms with Crippen LogP contribution in [0, 0.1) is 12.8 Å². The van der Waals surface area contributed by atoms with Crippen LogP contribution < -0.4 is 5.32 Å². The molecule has 1 saturated heterocycles. The van der Waals surface area contributed by atoms with Gasteiger partial charge >= 0.3 is 5.97 Å². The Bertz CT molecular complexity index is 403. The molecule has 0 bridgehead atoms. The Morgan fingerprint density at radius 3 is 3.06 bits per heavy atom. The molecule has 3 nitrogen and oxygen atoms in total. The minimum Gasteiger partial charge on any atom is -0.481 e. The van der Waals surface area contributed by atoms with Gasteiger partial charge in [-0.25, -0.2) is 0 Å². The molecule has 92 valence electrons. The highest BCUT2D eigenvalue weighted by molar-refractivity contribution is 5.67. The summed E-state index contributed by atoms with van der Waals surface area (Å²) in [5.41, 5.74) is 2.44. The first-order valence-corrected chi connectivity index (χ1v) is 6.18. The van der Waals surface area contributed by atoms with Crippen LogP contribution in [-0.2, 0) is 4.79 Å². The smallest absolute Gasteiger partial charge is 0.303 e. The second-order valence-electron chi connectivity index (χ2n) is 4.85. The normalized spacial score (nSPS) is 24.5. The van der Waals surface area contributed by atoms with Gasteiger partial charge in [0, 0.05) is 12.5 Å². The van der Waals surface area contributed by atoms with Crippen LogP contribution in [-0.4, -0.2) is 17.6 Å². The van der Waals surface area contributed by atoms with Crippen molar-refractivity contribution in [2.75, 3.05) is 6.54 Å². The lowest BCUT2D eigenvalue weighted by Crippen LogP contribution is -2.35. The molecule has 2 rings (SSSR count). The van der Waals surface area contributed by atoms with Crippen molar-refractivity contribution in [3.63, 3.8) is 0 Å². The van der Waals surface area contributed by atoms with Gasteiger partial charge in [-0.15, -0.1) is 0 Å². The zero-order valence-corrected chi connectivity index (χ0v) is 10.1. The molecule has 17 heavy (non-hydrogen) atoms. The molecular weight excluding hydrogens is 214 g/mol. The van der Waals surface area contributed by atoms with Gasteiger partial charge in [0.25, 0.3) is 0 Å². The number of aryl methyl sites for hydroxylation is 1. The van der Waals surface area contributed by atoms with E-state index in [2.05, 4.69) is 30.4 Å². The summed E-state index contributed by atoms with van der Waals surface area (Å²) in [7, 11) is 0. The van der Waals surface area contributed by atoms with Gasteiger partial charge in [0.15, 0.2) is 0 Å². The van der Waals surface area contributed by atoms with Crippen LogP contribution in [0.2, 0.25) is 0 Å². The summed E-state index contributed by atoms with van der Waals surface area (Å²) in [6.45, 7) is 3.05. The van der Waals surface area contributed by atoms with Crippen molar-refractivity contribution >= 4 is 5.97 Å². The molecule has 0 aromatic heterocycles. The maximum Gasteiger partial charge on any atom is 0.303 e. The zero-order valence-electron chi connectivity index (χ0n) is 10.1. The van der Waals surface area contributed by atoms with E-state index in [9.17, 15) is 4.79 Å². The molecule has 2 atom stereocenters. The van der Waals surface area contributed by atoms with Crippen LogP contribution in [0.1, 0.15) is 36.4 Å². The number of nitrogens with one attached hydrogen (secondary N) is 1. The number of hydrogen-bond acceptors (Lipinski definition) is 2. The maximum absolute atomic E-state index is 10.9. The summed E-state index contributed by atoms with van der Waals surface area (Å²) in [6.07, 6.45) is 2.32. The van der Waals surface area contributed by atoms with Gasteiger partial charge in [-0.3, -0.25) is 4.79 Å². The number of aliphatic carboxylic acids is 1. The fourth-order valence-electron chi connectivity index (χ4n) is 2.65. The maximum atomic E-state index is 10.9. The van der Waals surface area contributed by atoms with E-state index in [1.54, 1.807) is 0 Å². The molecule has 2 N–H and O–H groups in total. The van der Waals surface area contributed by atoms with E-state index in [1.165, 1.54) is 11.1 Å². The van der Waals surface area contributed by atoms with Gasteiger partial charge in [0.05, 0.1) is 0 Å². The van der Waals surface area contributed by atoms with Crippen molar-refractivity contribution < 1.29 is 9.90 Å². The van der Waals surface area contributed by atoms with Crippen molar-refractivity contribution in [3.05, 3.63) is 35.4 Å². The van der Waals surface area contributed by atoms with Crippen molar-refractivity contribution in [3.8, 4) is 0 Å². The number of carbonyl (C=O) groups is 1. The highest BCUT2D eigenvalue weighted by Gasteiger charge is 2.27. The van der Waals surface area contributed by atoms with Crippen molar-refractivity contribution in [1.82, 2.24) is 5.32 Å². The number of piperidine rings is 1. The van der Waals surface area contributed by atoms with Gasteiger partial charge in [0.1, 0.15) is 0 Å². The average Bonchev–Trinajstić information content (AvgIpc) is 2.29. The molecule has 1 aromatic carbocycles. The Morgan fingerprint density at radius 1 is 1.53 bits per heavy atom. The predicted molar refractivity (Wildman–Crippen MR) is 66.9 cm³/mol. The van der Waals surface area contributed by atoms with Gasteiger partial charge in [-0.1, -0.05) is 29.8 Å². The Kier molecular flexibility index (Phi) is 3.79. The molecule has 0 radical (unpaired) electrons. The third kappa shape index (κ3) is 3.07. The molecular formula is C14H19NO2. The first-order valence-electron chi connectivity index (χ1n) is 6.18. The van der Waals surface area contributed by atoms with E-state index in [-0.39, 0.29) is 18.4 Å². The predicted octanol–water partition coefficient (Wildman–Crippen LogP) is 2.51. The number of benzene rings is 1. The highest BCUT2D eigenvalue weighted by atomic mass is 16.4. The van der Waals surface area contributed by atoms with Crippen LogP contribution in [0.3, 0.4) is 0 Å². The highest BCUT2D eigenvalue weighted by Crippen LogP contribution is 2.31. The molecule has 0 amide bonds. The molecule has 1 fully saturated rings. The van der Waals surface area contributed by atoms with Gasteiger partial charge in [-0.05, 0) is 37.8 Å². The van der Waals surface area contributed by atoms with Crippen molar-refractivity contribution in [2.24, 2.45) is 5.92 Å². The minimum atomic E-state index is -0.698. The van der Waals surface area contributed by atoms with Gasteiger partial charge in [-0.2, -0.15) is 0 Å². The molecule has 0 unspecified atom stereocenters. The fraction of sp³-hybridized carbons (Fsp3) is 0.500. The Morgan fingerprint density at radius 2 is 2.35 bits per heavy atom. The second-order valence-corrected chi connectivity index (χ2v) is 4.85. The Labute approximate surface area is 102 Å². The first-order chi connectivity index (χ1) is 8.16. The topological polar surface area (TPSA) is 49.3 Å². The van der Waals surface area contributed by atoms with E-state index in [1.807, 2.05) is 6.07 Å². The summed E-state index contributed by atoms with van der Waals surface area (Å²) in [4.78, 5) is 10.9. The third-order valence-corrected chi connectivity index (χ3v) is 3.43.